The summed E-state index contributed by atoms with van der Waals surface area (Å²) in [6, 6.07) is -1.04. The van der Waals surface area contributed by atoms with Crippen molar-refractivity contribution in [3.05, 3.63) is 109 Å². The molecule has 0 aromatic heterocycles. The average Bonchev–Trinajstić information content (AvgIpc) is 3.16. The van der Waals surface area contributed by atoms with E-state index in [1.165, 1.54) is 167 Å². The molecule has 6 N–H and O–H groups in total. The minimum atomic E-state index is -1.64. The Labute approximate surface area is 519 Å². The summed E-state index contributed by atoms with van der Waals surface area (Å²) in [5.41, 5.74) is 0. The van der Waals surface area contributed by atoms with Crippen molar-refractivity contribution >= 4 is 11.9 Å². The summed E-state index contributed by atoms with van der Waals surface area (Å²) in [5.74, 6) is -1.24. The summed E-state index contributed by atoms with van der Waals surface area (Å²) in [6.45, 7) is 5.62. The van der Waals surface area contributed by atoms with Crippen LogP contribution < -0.4 is 5.32 Å². The highest BCUT2D eigenvalue weighted by molar-refractivity contribution is 5.80. The number of nitrogens with one attached hydrogen (secondary N) is 1. The summed E-state index contributed by atoms with van der Waals surface area (Å²) in [7, 11) is 0. The maximum absolute atomic E-state index is 13.5. The molecule has 8 atom stereocenters. The molecule has 85 heavy (non-hydrogen) atoms. The van der Waals surface area contributed by atoms with Crippen LogP contribution in [-0.2, 0) is 23.8 Å². The Kier molecular flexibility index (Phi) is 56.6. The Bertz CT molecular complexity index is 1800. The molecule has 11 heteroatoms. The summed E-state index contributed by atoms with van der Waals surface area (Å²) in [4.78, 5) is 26.6. The van der Waals surface area contributed by atoms with Gasteiger partial charge in [-0.15, -0.1) is 0 Å². The fourth-order valence-corrected chi connectivity index (χ4v) is 10.4. The second-order valence-corrected chi connectivity index (χ2v) is 23.7. The highest BCUT2D eigenvalue weighted by atomic mass is 16.7. The first-order valence-electron chi connectivity index (χ1n) is 34.7. The minimum absolute atomic E-state index is 0.0678. The predicted molar refractivity (Wildman–Crippen MR) is 356 cm³/mol. The van der Waals surface area contributed by atoms with Crippen LogP contribution in [0.5, 0.6) is 0 Å². The third kappa shape index (κ3) is 48.0. The molecule has 8 unspecified atom stereocenters. The normalized spacial score (nSPS) is 19.1. The highest BCUT2D eigenvalue weighted by Crippen LogP contribution is 2.26. The van der Waals surface area contributed by atoms with Crippen molar-refractivity contribution in [2.24, 2.45) is 0 Å². The minimum Gasteiger partial charge on any atom is -0.454 e. The smallest absolute Gasteiger partial charge is 0.306 e. The van der Waals surface area contributed by atoms with E-state index >= 15 is 0 Å². The maximum Gasteiger partial charge on any atom is 0.306 e. The van der Waals surface area contributed by atoms with E-state index in [2.05, 4.69) is 62.5 Å². The van der Waals surface area contributed by atoms with Gasteiger partial charge in [-0.05, 0) is 77.0 Å². The van der Waals surface area contributed by atoms with Gasteiger partial charge in [0.25, 0.3) is 0 Å². The number of esters is 1. The molecule has 0 aromatic carbocycles. The van der Waals surface area contributed by atoms with Crippen LogP contribution >= 0.6 is 0 Å². The lowest BCUT2D eigenvalue weighted by Crippen LogP contribution is -2.61. The summed E-state index contributed by atoms with van der Waals surface area (Å²) in [6.07, 6.45) is 72.7. The van der Waals surface area contributed by atoms with Crippen LogP contribution in [-0.4, -0.2) is 99.6 Å². The van der Waals surface area contributed by atoms with Crippen molar-refractivity contribution in [3.8, 4) is 0 Å². The highest BCUT2D eigenvalue weighted by Gasteiger charge is 2.47. The summed E-state index contributed by atoms with van der Waals surface area (Å²) >= 11 is 0. The number of hydrogen-bond acceptors (Lipinski definition) is 10. The molecule has 0 aliphatic carbocycles. The van der Waals surface area contributed by atoms with Crippen LogP contribution in [0.1, 0.15) is 284 Å². The second kappa shape index (κ2) is 60.6. The van der Waals surface area contributed by atoms with Gasteiger partial charge in [0.2, 0.25) is 5.91 Å². The number of allylic oxidation sites excluding steroid dienone is 17. The third-order valence-corrected chi connectivity index (χ3v) is 15.8. The molecular weight excluding hydrogens is 1060 g/mol. The number of unbranched alkanes of at least 4 members (excludes halogenated alkanes) is 33. The van der Waals surface area contributed by atoms with Crippen molar-refractivity contribution in [1.82, 2.24) is 5.32 Å². The second-order valence-electron chi connectivity index (χ2n) is 23.7. The van der Waals surface area contributed by atoms with Crippen LogP contribution in [0.2, 0.25) is 0 Å². The van der Waals surface area contributed by atoms with Gasteiger partial charge in [0.1, 0.15) is 24.4 Å². The van der Waals surface area contributed by atoms with Gasteiger partial charge < -0.3 is 45.1 Å². The van der Waals surface area contributed by atoms with Crippen LogP contribution in [0.15, 0.2) is 109 Å². The Morgan fingerprint density at radius 3 is 1.39 bits per heavy atom. The van der Waals surface area contributed by atoms with E-state index in [0.717, 1.165) is 70.6 Å². The predicted octanol–water partition coefficient (Wildman–Crippen LogP) is 17.6. The SMILES string of the molecule is CC\C=C/C=C/C=C/C=C\C=C\C=C\CCCCCC(=O)OC1C(OCC(NC(=O)C(O)CCCCCCCCCCCCCCCCCC/C=C\C/C=C\CCCCC)C(O)/C=C/CCCCCCCCCCCCC)OC(CO)C(O)C1O. The molecule has 1 amide bonds. The van der Waals surface area contributed by atoms with Gasteiger partial charge in [0.15, 0.2) is 12.4 Å². The molecule has 1 saturated heterocycles. The number of rotatable bonds is 58. The Morgan fingerprint density at radius 2 is 0.894 bits per heavy atom. The summed E-state index contributed by atoms with van der Waals surface area (Å²) in [5, 5.41) is 57.2. The van der Waals surface area contributed by atoms with Crippen LogP contribution in [0.4, 0.5) is 0 Å². The van der Waals surface area contributed by atoms with Gasteiger partial charge in [0, 0.05) is 6.42 Å². The van der Waals surface area contributed by atoms with Crippen molar-refractivity contribution in [2.45, 2.75) is 333 Å². The van der Waals surface area contributed by atoms with Gasteiger partial charge in [-0.25, -0.2) is 0 Å². The maximum atomic E-state index is 13.5. The molecule has 0 bridgehead atoms. The molecule has 0 spiro atoms. The molecular formula is C74H127NO10. The zero-order valence-electron chi connectivity index (χ0n) is 54.2. The lowest BCUT2D eigenvalue weighted by Gasteiger charge is -2.41. The number of amides is 1. The molecule has 1 rings (SSSR count). The number of aliphatic hydroxyl groups is 5. The van der Waals surface area contributed by atoms with E-state index in [-0.39, 0.29) is 19.4 Å². The zero-order valence-corrected chi connectivity index (χ0v) is 54.2. The monoisotopic (exact) mass is 1190 g/mol. The van der Waals surface area contributed by atoms with Crippen LogP contribution in [0.25, 0.3) is 0 Å². The third-order valence-electron chi connectivity index (χ3n) is 15.8. The number of aliphatic hydroxyl groups excluding tert-OH is 5. The van der Waals surface area contributed by atoms with Crippen molar-refractivity contribution < 1.29 is 49.3 Å². The molecule has 488 valence electrons. The van der Waals surface area contributed by atoms with Crippen molar-refractivity contribution in [1.29, 1.82) is 0 Å². The fourth-order valence-electron chi connectivity index (χ4n) is 10.4. The fraction of sp³-hybridized carbons (Fsp3) is 0.730. The Balaban J connectivity index is 2.61. The molecule has 1 aliphatic rings. The largest absolute Gasteiger partial charge is 0.454 e. The van der Waals surface area contributed by atoms with Gasteiger partial charge in [-0.1, -0.05) is 310 Å². The quantitative estimate of drug-likeness (QED) is 0.0149. The van der Waals surface area contributed by atoms with E-state index in [0.29, 0.717) is 12.8 Å². The van der Waals surface area contributed by atoms with E-state index in [1.54, 1.807) is 6.08 Å². The standard InChI is InChI=1S/C74H127NO10/c1-4-7-10-13-16-19-22-25-27-29-30-31-32-33-34-35-36-37-39-40-43-46-49-52-55-58-61-67(78)73(82)75-65(66(77)60-57-54-51-48-45-42-24-21-18-15-12-9-6-3)64-83-74-72(71(81)70(80)68(63-76)84-74)85-69(79)62-59-56-53-50-47-44-41-38-28-26-23-20-17-14-11-8-5-2/h8,11,14,16-17,19-20,23,25-28,38,41,44,47,57,60,65-68,70-72,74,76-78,80-81H,4-7,9-10,12-13,15,18,21-22,24,29-37,39-40,42-43,45-46,48-56,58-59,61-64H2,1-3H3,(H,75,82)/b11-8-,17-14+,19-16-,23-20+,27-25-,28-26-,41-38+,47-44+,60-57+. The lowest BCUT2D eigenvalue weighted by atomic mass is 9.99. The van der Waals surface area contributed by atoms with E-state index < -0.39 is 67.4 Å². The van der Waals surface area contributed by atoms with E-state index in [9.17, 15) is 35.1 Å². The lowest BCUT2D eigenvalue weighted by molar-refractivity contribution is -0.305. The Hall–Kier alpha value is -3.68. The average molecular weight is 1190 g/mol. The van der Waals surface area contributed by atoms with Crippen LogP contribution in [0.3, 0.4) is 0 Å². The Morgan fingerprint density at radius 1 is 0.482 bits per heavy atom. The molecule has 1 aliphatic heterocycles. The topological polar surface area (TPSA) is 175 Å². The van der Waals surface area contributed by atoms with E-state index in [4.69, 9.17) is 14.2 Å². The molecule has 0 radical (unpaired) electrons. The van der Waals surface area contributed by atoms with E-state index in [1.807, 2.05) is 66.8 Å². The molecule has 11 nitrogen and oxygen atoms in total. The van der Waals surface area contributed by atoms with Gasteiger partial charge in [0.05, 0.1) is 25.4 Å². The molecule has 0 aromatic rings. The van der Waals surface area contributed by atoms with Gasteiger partial charge in [-0.2, -0.15) is 0 Å². The van der Waals surface area contributed by atoms with Crippen molar-refractivity contribution in [3.63, 3.8) is 0 Å². The van der Waals surface area contributed by atoms with Gasteiger partial charge in [-0.3, -0.25) is 9.59 Å². The first-order chi connectivity index (χ1) is 41.7. The number of carbonyl (C=O) groups is 2. The molecule has 1 fully saturated rings. The number of ether oxygens (including phenoxy) is 3. The number of carbonyl (C=O) groups excluding carboxylic acids is 2. The summed E-state index contributed by atoms with van der Waals surface area (Å²) < 4.78 is 17.6. The zero-order chi connectivity index (χ0) is 61.7. The van der Waals surface area contributed by atoms with Crippen molar-refractivity contribution in [2.75, 3.05) is 13.2 Å². The van der Waals surface area contributed by atoms with Gasteiger partial charge >= 0.3 is 5.97 Å². The van der Waals surface area contributed by atoms with Crippen LogP contribution in [0, 0.1) is 0 Å². The molecule has 1 heterocycles. The number of hydrogen-bond donors (Lipinski definition) is 6. The first kappa shape index (κ1) is 79.3. The first-order valence-corrected chi connectivity index (χ1v) is 34.7. The molecule has 0 saturated carbocycles.